The molecule has 0 saturated heterocycles. The molecule has 0 aliphatic rings. The molecule has 16 heavy (non-hydrogen) atoms. The summed E-state index contributed by atoms with van der Waals surface area (Å²) in [6.07, 6.45) is 0. The highest BCUT2D eigenvalue weighted by Gasteiger charge is 1.98. The van der Waals surface area contributed by atoms with Gasteiger partial charge in [0.05, 0.1) is 0 Å². The van der Waals surface area contributed by atoms with E-state index in [4.69, 9.17) is 18.0 Å². The second kappa shape index (κ2) is 5.00. The van der Waals surface area contributed by atoms with Crippen LogP contribution in [-0.2, 0) is 6.54 Å². The minimum absolute atomic E-state index is 0.426. The van der Waals surface area contributed by atoms with Crippen molar-refractivity contribution in [2.24, 2.45) is 0 Å². The third-order valence-corrected chi connectivity index (χ3v) is 2.81. The van der Waals surface area contributed by atoms with Gasteiger partial charge in [-0.15, -0.1) is 0 Å². The third-order valence-electron chi connectivity index (χ3n) is 1.90. The van der Waals surface area contributed by atoms with Crippen LogP contribution >= 0.6 is 23.6 Å². The molecule has 0 amide bonds. The van der Waals surface area contributed by atoms with Crippen molar-refractivity contribution in [3.05, 3.63) is 39.8 Å². The van der Waals surface area contributed by atoms with E-state index in [9.17, 15) is 0 Å². The van der Waals surface area contributed by atoms with Crippen molar-refractivity contribution >= 4 is 34.6 Å². The summed E-state index contributed by atoms with van der Waals surface area (Å²) in [6.45, 7) is 0.656. The van der Waals surface area contributed by atoms with Crippen LogP contribution < -0.4 is 11.1 Å². The summed E-state index contributed by atoms with van der Waals surface area (Å²) in [5.41, 5.74) is 6.74. The molecule has 0 atom stereocenters. The fourth-order valence-corrected chi connectivity index (χ4v) is 1.99. The first-order valence-corrected chi connectivity index (χ1v) is 5.89. The van der Waals surface area contributed by atoms with Crippen LogP contribution in [0.15, 0.2) is 30.3 Å². The zero-order valence-electron chi connectivity index (χ0n) is 8.38. The number of nitrogens with one attached hydrogen (secondary N) is 1. The molecular formula is C10H10N4S2. The van der Waals surface area contributed by atoms with Crippen molar-refractivity contribution in [3.63, 3.8) is 0 Å². The van der Waals surface area contributed by atoms with Gasteiger partial charge in [-0.1, -0.05) is 41.7 Å². The maximum absolute atomic E-state index is 5.59. The van der Waals surface area contributed by atoms with Gasteiger partial charge in [0.1, 0.15) is 0 Å². The Labute approximate surface area is 102 Å². The molecule has 1 heterocycles. The third kappa shape index (κ3) is 2.98. The number of benzene rings is 1. The molecule has 4 nitrogen and oxygen atoms in total. The average molecular weight is 250 g/mol. The van der Waals surface area contributed by atoms with Crippen molar-refractivity contribution in [1.82, 2.24) is 9.97 Å². The van der Waals surface area contributed by atoms with Crippen molar-refractivity contribution < 1.29 is 0 Å². The predicted molar refractivity (Wildman–Crippen MR) is 68.9 cm³/mol. The van der Waals surface area contributed by atoms with E-state index in [1.807, 2.05) is 30.3 Å². The molecule has 0 aliphatic carbocycles. The predicted octanol–water partition coefficient (Wildman–Crippen LogP) is 2.46. The minimum Gasteiger partial charge on any atom is -0.375 e. The molecule has 82 valence electrons. The summed E-state index contributed by atoms with van der Waals surface area (Å²) in [7, 11) is 0. The lowest BCUT2D eigenvalue weighted by molar-refractivity contribution is 1.07. The normalized spacial score (nSPS) is 10.0. The van der Waals surface area contributed by atoms with Crippen LogP contribution in [0.4, 0.5) is 11.1 Å². The number of anilines is 2. The standard InChI is InChI=1S/C10H10N4S2/c11-8-13-9(14-10(15)16-8)12-6-7-4-2-1-3-5-7/h1-5H,6H2,(H3,11,12,13,14,15). The summed E-state index contributed by atoms with van der Waals surface area (Å²) in [6, 6.07) is 9.99. The number of nitrogens with zero attached hydrogens (tertiary/aromatic N) is 2. The van der Waals surface area contributed by atoms with E-state index in [0.717, 1.165) is 5.56 Å². The van der Waals surface area contributed by atoms with Gasteiger partial charge in [-0.05, 0) is 17.8 Å². The minimum atomic E-state index is 0.426. The summed E-state index contributed by atoms with van der Waals surface area (Å²) >= 11 is 6.16. The van der Waals surface area contributed by atoms with Gasteiger partial charge in [-0.25, -0.2) is 0 Å². The second-order valence-electron chi connectivity index (χ2n) is 3.09. The highest BCUT2D eigenvalue weighted by Crippen LogP contribution is 2.11. The van der Waals surface area contributed by atoms with Gasteiger partial charge in [0, 0.05) is 6.54 Å². The van der Waals surface area contributed by atoms with Gasteiger partial charge >= 0.3 is 0 Å². The molecule has 1 aromatic carbocycles. The maximum Gasteiger partial charge on any atom is 0.227 e. The van der Waals surface area contributed by atoms with Gasteiger partial charge in [-0.2, -0.15) is 9.97 Å². The number of nitrogens with two attached hydrogens (primary N) is 1. The molecule has 0 radical (unpaired) electrons. The Balaban J connectivity index is 2.08. The fourth-order valence-electron chi connectivity index (χ4n) is 1.21. The molecule has 6 heteroatoms. The Hall–Kier alpha value is -1.53. The summed E-state index contributed by atoms with van der Waals surface area (Å²) < 4.78 is 0.489. The van der Waals surface area contributed by atoms with Gasteiger partial charge in [0.2, 0.25) is 5.95 Å². The van der Waals surface area contributed by atoms with Crippen LogP contribution in [0.1, 0.15) is 5.56 Å². The zero-order chi connectivity index (χ0) is 11.4. The number of hydrogen-bond donors (Lipinski definition) is 2. The average Bonchev–Trinajstić information content (AvgIpc) is 2.27. The first-order chi connectivity index (χ1) is 7.74. The van der Waals surface area contributed by atoms with Gasteiger partial charge < -0.3 is 11.1 Å². The molecule has 0 unspecified atom stereocenters. The largest absolute Gasteiger partial charge is 0.375 e. The van der Waals surface area contributed by atoms with Crippen molar-refractivity contribution in [2.45, 2.75) is 6.54 Å². The Morgan fingerprint density at radius 1 is 1.25 bits per heavy atom. The molecular weight excluding hydrogens is 240 g/mol. The van der Waals surface area contributed by atoms with Gasteiger partial charge in [-0.3, -0.25) is 0 Å². The lowest BCUT2D eigenvalue weighted by Crippen LogP contribution is -2.04. The topological polar surface area (TPSA) is 63.8 Å². The summed E-state index contributed by atoms with van der Waals surface area (Å²) in [5.74, 6) is 0.477. The Morgan fingerprint density at radius 3 is 2.69 bits per heavy atom. The molecule has 0 aliphatic heterocycles. The molecule has 1 aromatic heterocycles. The quantitative estimate of drug-likeness (QED) is 0.819. The Kier molecular flexibility index (Phi) is 3.43. The molecule has 2 rings (SSSR count). The van der Waals surface area contributed by atoms with Crippen molar-refractivity contribution in [1.29, 1.82) is 0 Å². The number of hydrogen-bond acceptors (Lipinski definition) is 6. The van der Waals surface area contributed by atoms with Gasteiger partial charge in [0.25, 0.3) is 0 Å². The van der Waals surface area contributed by atoms with E-state index in [1.54, 1.807) is 0 Å². The van der Waals surface area contributed by atoms with Crippen LogP contribution in [-0.4, -0.2) is 9.97 Å². The van der Waals surface area contributed by atoms with Crippen LogP contribution in [0.3, 0.4) is 0 Å². The lowest BCUT2D eigenvalue weighted by Gasteiger charge is -2.04. The number of rotatable bonds is 3. The zero-order valence-corrected chi connectivity index (χ0v) is 10.0. The van der Waals surface area contributed by atoms with E-state index in [1.165, 1.54) is 11.3 Å². The van der Waals surface area contributed by atoms with E-state index in [2.05, 4.69) is 15.3 Å². The SMILES string of the molecule is Nc1nc(NCc2ccccc2)nc(=S)s1. The number of nitrogen functional groups attached to an aromatic ring is 1. The van der Waals surface area contributed by atoms with Crippen molar-refractivity contribution in [3.8, 4) is 0 Å². The summed E-state index contributed by atoms with van der Waals surface area (Å²) in [5, 5.41) is 3.51. The molecule has 2 aromatic rings. The smallest absolute Gasteiger partial charge is 0.227 e. The lowest BCUT2D eigenvalue weighted by atomic mass is 10.2. The van der Waals surface area contributed by atoms with E-state index in [0.29, 0.717) is 21.6 Å². The highest BCUT2D eigenvalue weighted by molar-refractivity contribution is 7.73. The van der Waals surface area contributed by atoms with Crippen LogP contribution in [0, 0.1) is 3.95 Å². The van der Waals surface area contributed by atoms with Gasteiger partial charge in [0.15, 0.2) is 9.09 Å². The molecule has 0 bridgehead atoms. The summed E-state index contributed by atoms with van der Waals surface area (Å²) in [4.78, 5) is 8.14. The first-order valence-electron chi connectivity index (χ1n) is 4.66. The maximum atomic E-state index is 5.59. The van der Waals surface area contributed by atoms with E-state index < -0.39 is 0 Å². The Bertz CT molecular complexity index is 524. The molecule has 0 spiro atoms. The Morgan fingerprint density at radius 2 is 2.00 bits per heavy atom. The second-order valence-corrected chi connectivity index (χ2v) is 4.75. The monoisotopic (exact) mass is 250 g/mol. The number of aromatic nitrogens is 2. The first kappa shape index (κ1) is 11.0. The van der Waals surface area contributed by atoms with E-state index >= 15 is 0 Å². The van der Waals surface area contributed by atoms with Crippen molar-refractivity contribution in [2.75, 3.05) is 11.1 Å². The fraction of sp³-hybridized carbons (Fsp3) is 0.100. The highest BCUT2D eigenvalue weighted by atomic mass is 32.1. The van der Waals surface area contributed by atoms with Crippen LogP contribution in [0.2, 0.25) is 0 Å². The molecule has 0 saturated carbocycles. The van der Waals surface area contributed by atoms with Crippen LogP contribution in [0.5, 0.6) is 0 Å². The van der Waals surface area contributed by atoms with E-state index in [-0.39, 0.29) is 0 Å². The molecule has 3 N–H and O–H groups in total. The van der Waals surface area contributed by atoms with Crippen LogP contribution in [0.25, 0.3) is 0 Å². The molecule has 0 fully saturated rings.